The minimum atomic E-state index is -0.283. The van der Waals surface area contributed by atoms with Crippen LogP contribution in [0.1, 0.15) is 12.8 Å². The molecule has 0 fully saturated rings. The Balaban J connectivity index is -0.000000316. The number of carbonyl (C=O) groups excluding carboxylic acids is 2. The Morgan fingerprint density at radius 2 is 1.95 bits per heavy atom. The second kappa shape index (κ2) is 14.3. The average Bonchev–Trinajstić information content (AvgIpc) is 2.90. The number of nitrogens with one attached hydrogen (secondary N) is 1. The van der Waals surface area contributed by atoms with Gasteiger partial charge in [-0.1, -0.05) is 0 Å². The summed E-state index contributed by atoms with van der Waals surface area (Å²) in [7, 11) is 2.72. The minimum absolute atomic E-state index is 0. The van der Waals surface area contributed by atoms with E-state index in [0.717, 1.165) is 6.42 Å². The van der Waals surface area contributed by atoms with Crippen molar-refractivity contribution in [3.05, 3.63) is 11.8 Å². The lowest BCUT2D eigenvalue weighted by molar-refractivity contribution is -0.408. The lowest BCUT2D eigenvalue weighted by Crippen LogP contribution is -3.00. The predicted molar refractivity (Wildman–Crippen MR) is 62.8 cm³/mol. The zero-order valence-corrected chi connectivity index (χ0v) is 13.2. The molecule has 1 aliphatic heterocycles. The van der Waals surface area contributed by atoms with Crippen LogP contribution in [0.2, 0.25) is 0 Å². The fourth-order valence-electron chi connectivity index (χ4n) is 1.24. The summed E-state index contributed by atoms with van der Waals surface area (Å²) in [6.07, 6.45) is 5.42. The van der Waals surface area contributed by atoms with E-state index in [4.69, 9.17) is 0 Å². The number of quaternary nitrogens is 2. The number of esters is 2. The van der Waals surface area contributed by atoms with Crippen molar-refractivity contribution in [2.75, 3.05) is 20.8 Å². The number of hydrogen-bond donors (Lipinski definition) is 3. The summed E-state index contributed by atoms with van der Waals surface area (Å²) >= 11 is 0. The minimum Gasteiger partial charge on any atom is -1.00 e. The standard InChI is InChI=1S/C8H12N2O2.C3H7NO2.2ClH/c1-12-8(11)7(9)4-6-2-3-10-5-6;1-6-3(5)2-4;;/h3,5,7H,2,4,9H2,1H3;2,4H2,1H3;2*1H/p+1. The summed E-state index contributed by atoms with van der Waals surface area (Å²) in [4.78, 5) is 23.8. The van der Waals surface area contributed by atoms with Gasteiger partial charge in [0, 0.05) is 12.0 Å². The van der Waals surface area contributed by atoms with Crippen molar-refractivity contribution < 1.29 is 60.3 Å². The highest BCUT2D eigenvalue weighted by molar-refractivity contribution is 5.74. The van der Waals surface area contributed by atoms with Gasteiger partial charge in [0.05, 0.1) is 20.6 Å². The van der Waals surface area contributed by atoms with Crippen molar-refractivity contribution in [3.63, 3.8) is 0 Å². The van der Waals surface area contributed by atoms with Gasteiger partial charge in [-0.25, -0.2) is 14.6 Å². The molecule has 0 radical (unpaired) electrons. The van der Waals surface area contributed by atoms with E-state index >= 15 is 0 Å². The van der Waals surface area contributed by atoms with Crippen LogP contribution in [0.25, 0.3) is 0 Å². The molecule has 9 heteroatoms. The van der Waals surface area contributed by atoms with Gasteiger partial charge in [-0.2, -0.15) is 0 Å². The number of hydrogen-bond acceptors (Lipinski definition) is 4. The van der Waals surface area contributed by atoms with Crippen molar-refractivity contribution in [2.45, 2.75) is 18.9 Å². The van der Waals surface area contributed by atoms with E-state index < -0.39 is 0 Å². The van der Waals surface area contributed by atoms with Crippen molar-refractivity contribution in [1.29, 1.82) is 0 Å². The van der Waals surface area contributed by atoms with Crippen molar-refractivity contribution in [3.8, 4) is 0 Å². The van der Waals surface area contributed by atoms with Crippen molar-refractivity contribution in [1.82, 2.24) is 0 Å². The van der Waals surface area contributed by atoms with Crippen LogP contribution in [0.15, 0.2) is 11.8 Å². The number of ether oxygens (including phenoxy) is 2. The molecule has 1 heterocycles. The molecule has 0 saturated heterocycles. The van der Waals surface area contributed by atoms with E-state index in [1.807, 2.05) is 12.4 Å². The van der Waals surface area contributed by atoms with Crippen LogP contribution in [0.3, 0.4) is 0 Å². The van der Waals surface area contributed by atoms with Gasteiger partial charge in [-0.15, -0.1) is 0 Å². The molecule has 1 unspecified atom stereocenters. The Morgan fingerprint density at radius 3 is 2.25 bits per heavy atom. The van der Waals surface area contributed by atoms with Crippen molar-refractivity contribution >= 4 is 18.2 Å². The van der Waals surface area contributed by atoms with E-state index in [0.29, 0.717) is 6.42 Å². The summed E-state index contributed by atoms with van der Waals surface area (Å²) < 4.78 is 8.76. The highest BCUT2D eigenvalue weighted by Crippen LogP contribution is 2.06. The largest absolute Gasteiger partial charge is 1.00 e. The quantitative estimate of drug-likeness (QED) is 0.443. The molecule has 1 rings (SSSR count). The molecule has 0 aliphatic carbocycles. The summed E-state index contributed by atoms with van der Waals surface area (Å²) in [6, 6.07) is -0.283. The topological polar surface area (TPSA) is 122 Å². The fourth-order valence-corrected chi connectivity index (χ4v) is 1.24. The highest BCUT2D eigenvalue weighted by atomic mass is 35.5. The fraction of sp³-hybridized carbons (Fsp3) is 0.545. The third-order valence-electron chi connectivity index (χ3n) is 2.24. The molecular weight excluding hydrogens is 309 g/mol. The van der Waals surface area contributed by atoms with E-state index in [2.05, 4.69) is 25.9 Å². The van der Waals surface area contributed by atoms with Gasteiger partial charge in [0.1, 0.15) is 6.21 Å². The zero-order valence-electron chi connectivity index (χ0n) is 11.7. The first-order valence-corrected chi connectivity index (χ1v) is 5.57. The Labute approximate surface area is 130 Å². The van der Waals surface area contributed by atoms with Crippen LogP contribution >= 0.6 is 0 Å². The van der Waals surface area contributed by atoms with Gasteiger partial charge >= 0.3 is 11.9 Å². The molecule has 1 atom stereocenters. The summed E-state index contributed by atoms with van der Waals surface area (Å²) in [5, 5.41) is 0. The van der Waals surface area contributed by atoms with Gasteiger partial charge in [0.2, 0.25) is 0 Å². The van der Waals surface area contributed by atoms with Crippen LogP contribution in [0.4, 0.5) is 0 Å². The summed E-state index contributed by atoms with van der Waals surface area (Å²) in [6.45, 7) is 0.219. The number of carbonyl (C=O) groups is 2. The number of rotatable bonds is 4. The molecule has 0 aromatic heterocycles. The van der Waals surface area contributed by atoms with E-state index in [9.17, 15) is 9.59 Å². The molecule has 0 aromatic rings. The Kier molecular flexibility index (Phi) is 17.0. The van der Waals surface area contributed by atoms with Crippen LogP contribution in [0, 0.1) is 0 Å². The van der Waals surface area contributed by atoms with Gasteiger partial charge < -0.3 is 45.8 Å². The lowest BCUT2D eigenvalue weighted by Gasteiger charge is -2.04. The van der Waals surface area contributed by atoms with Gasteiger partial charge in [-0.3, -0.25) is 0 Å². The molecule has 0 bridgehead atoms. The first kappa shape index (κ1) is 23.9. The molecule has 1 aliphatic rings. The monoisotopic (exact) mass is 330 g/mol. The molecule has 20 heavy (non-hydrogen) atoms. The van der Waals surface area contributed by atoms with Crippen molar-refractivity contribution in [2.24, 2.45) is 0 Å². The van der Waals surface area contributed by atoms with Crippen LogP contribution in [-0.4, -0.2) is 45.0 Å². The molecule has 7 nitrogen and oxygen atoms in total. The maximum atomic E-state index is 11.0. The summed E-state index contributed by atoms with van der Waals surface area (Å²) in [5.74, 6) is -0.516. The molecule has 0 saturated carbocycles. The van der Waals surface area contributed by atoms with Gasteiger partial charge in [-0.05, 0) is 0 Å². The highest BCUT2D eigenvalue weighted by Gasteiger charge is 2.21. The Hall–Kier alpha value is -1.15. The second-order valence-corrected chi connectivity index (χ2v) is 3.63. The van der Waals surface area contributed by atoms with Crippen LogP contribution < -0.4 is 41.3 Å². The molecule has 0 aromatic carbocycles. The average molecular weight is 331 g/mol. The second-order valence-electron chi connectivity index (χ2n) is 3.63. The predicted octanol–water partition coefficient (Wildman–Crippen LogP) is -9.99. The smallest absolute Gasteiger partial charge is 0.364 e. The maximum Gasteiger partial charge on any atom is 0.364 e. The zero-order chi connectivity index (χ0) is 14.0. The van der Waals surface area contributed by atoms with Crippen LogP contribution in [0.5, 0.6) is 0 Å². The van der Waals surface area contributed by atoms with Gasteiger partial charge in [0.25, 0.3) is 0 Å². The third-order valence-corrected chi connectivity index (χ3v) is 2.24. The molecule has 0 amide bonds. The SMILES string of the molecule is COC(=O)C([NH3+])CC1=C[NH+]=CC1.COC(=O)C[NH3+].[Cl-].[Cl-]. The number of methoxy groups -OCH3 is 2. The van der Waals surface area contributed by atoms with Crippen LogP contribution in [-0.2, 0) is 19.1 Å². The lowest BCUT2D eigenvalue weighted by atomic mass is 10.1. The number of halogens is 2. The van der Waals surface area contributed by atoms with E-state index in [1.165, 1.54) is 19.8 Å². The van der Waals surface area contributed by atoms with Gasteiger partial charge in [0.15, 0.2) is 18.8 Å². The third kappa shape index (κ3) is 10.7. The molecule has 118 valence electrons. The first-order valence-electron chi connectivity index (χ1n) is 5.57. The molecular formula is C11H22Cl2N3O4+. The maximum absolute atomic E-state index is 11.0. The molecule has 7 N–H and O–H groups in total. The van der Waals surface area contributed by atoms with E-state index in [-0.39, 0.29) is 49.3 Å². The van der Waals surface area contributed by atoms with E-state index in [1.54, 1.807) is 0 Å². The molecule has 0 spiro atoms. The Morgan fingerprint density at radius 1 is 1.35 bits per heavy atom. The first-order chi connectivity index (χ1) is 8.54. The summed E-state index contributed by atoms with van der Waals surface area (Å²) in [5.41, 5.74) is 8.19. The normalized spacial score (nSPS) is 12.7. The Bertz CT molecular complexity index is 343.